The number of rotatable bonds is 6. The van der Waals surface area contributed by atoms with Crippen LogP contribution in [0.3, 0.4) is 0 Å². The predicted molar refractivity (Wildman–Crippen MR) is 85.4 cm³/mol. The van der Waals surface area contributed by atoms with E-state index in [0.29, 0.717) is 25.2 Å². The third-order valence-electron chi connectivity index (χ3n) is 4.50. The van der Waals surface area contributed by atoms with Crippen molar-refractivity contribution in [2.75, 3.05) is 19.8 Å². The first kappa shape index (κ1) is 15.0. The molecule has 4 heteroatoms. The van der Waals surface area contributed by atoms with Crippen molar-refractivity contribution in [3.05, 3.63) is 22.7 Å². The average molecular weight is 310 g/mol. The van der Waals surface area contributed by atoms with Gasteiger partial charge in [0.15, 0.2) is 11.5 Å². The minimum Gasteiger partial charge on any atom is -0.486 e. The zero-order valence-electron chi connectivity index (χ0n) is 12.8. The number of hydrogen-bond donors (Lipinski definition) is 1. The Bertz CT molecular complexity index is 502. The summed E-state index contributed by atoms with van der Waals surface area (Å²) in [6.07, 6.45) is 3.80. The lowest BCUT2D eigenvalue weighted by Crippen LogP contribution is -2.29. The Labute approximate surface area is 132 Å². The van der Waals surface area contributed by atoms with Crippen molar-refractivity contribution in [2.45, 2.75) is 39.2 Å². The second-order valence-electron chi connectivity index (χ2n) is 6.15. The molecule has 1 aromatic carbocycles. The molecule has 2 unspecified atom stereocenters. The second-order valence-corrected chi connectivity index (χ2v) is 6.55. The normalized spacial score (nSPS) is 20.1. The molecule has 2 atom stereocenters. The molecule has 1 N–H and O–H groups in total. The van der Waals surface area contributed by atoms with Gasteiger partial charge in [-0.25, -0.2) is 0 Å². The summed E-state index contributed by atoms with van der Waals surface area (Å²) in [4.78, 5) is 0. The molecule has 1 heterocycles. The van der Waals surface area contributed by atoms with Gasteiger partial charge in [0.2, 0.25) is 0 Å². The summed E-state index contributed by atoms with van der Waals surface area (Å²) in [5.74, 6) is 3.01. The van der Waals surface area contributed by atoms with Crippen molar-refractivity contribution < 1.29 is 9.47 Å². The lowest BCUT2D eigenvalue weighted by Gasteiger charge is -2.28. The third kappa shape index (κ3) is 3.29. The van der Waals surface area contributed by atoms with Crippen LogP contribution in [0.25, 0.3) is 0 Å². The molecule has 0 spiro atoms. The molecule has 1 aliphatic carbocycles. The van der Waals surface area contributed by atoms with Crippen LogP contribution >= 0.6 is 11.6 Å². The number of benzene rings is 1. The Kier molecular flexibility index (Phi) is 4.60. The molecular weight excluding hydrogens is 286 g/mol. The first-order chi connectivity index (χ1) is 10.2. The molecule has 1 aliphatic heterocycles. The molecule has 1 saturated carbocycles. The number of hydrogen-bond acceptors (Lipinski definition) is 3. The predicted octanol–water partition coefficient (Wildman–Crippen LogP) is 4.20. The number of halogens is 1. The van der Waals surface area contributed by atoms with E-state index in [1.165, 1.54) is 12.8 Å². The summed E-state index contributed by atoms with van der Waals surface area (Å²) in [6.45, 7) is 6.74. The van der Waals surface area contributed by atoms with Crippen LogP contribution in [-0.2, 0) is 0 Å². The molecule has 0 radical (unpaired) electrons. The van der Waals surface area contributed by atoms with E-state index in [1.807, 2.05) is 6.07 Å². The van der Waals surface area contributed by atoms with Crippen LogP contribution in [-0.4, -0.2) is 19.8 Å². The fraction of sp³-hybridized carbons (Fsp3) is 0.647. The smallest absolute Gasteiger partial charge is 0.162 e. The molecule has 0 aromatic heterocycles. The molecule has 1 fully saturated rings. The largest absolute Gasteiger partial charge is 0.486 e. The summed E-state index contributed by atoms with van der Waals surface area (Å²) < 4.78 is 11.3. The highest BCUT2D eigenvalue weighted by Gasteiger charge is 2.35. The van der Waals surface area contributed by atoms with Crippen molar-refractivity contribution in [3.63, 3.8) is 0 Å². The van der Waals surface area contributed by atoms with Crippen molar-refractivity contribution in [2.24, 2.45) is 11.8 Å². The minimum atomic E-state index is 0.292. The lowest BCUT2D eigenvalue weighted by molar-refractivity contribution is 0.171. The van der Waals surface area contributed by atoms with Gasteiger partial charge in [0.05, 0.1) is 0 Å². The van der Waals surface area contributed by atoms with E-state index < -0.39 is 0 Å². The maximum absolute atomic E-state index is 6.53. The maximum Gasteiger partial charge on any atom is 0.162 e. The zero-order valence-corrected chi connectivity index (χ0v) is 13.6. The van der Waals surface area contributed by atoms with E-state index in [2.05, 4.69) is 25.2 Å². The van der Waals surface area contributed by atoms with Crippen molar-refractivity contribution in [1.29, 1.82) is 0 Å². The topological polar surface area (TPSA) is 30.5 Å². The Balaban J connectivity index is 1.89. The highest BCUT2D eigenvalue weighted by Crippen LogP contribution is 2.46. The van der Waals surface area contributed by atoms with Gasteiger partial charge < -0.3 is 14.8 Å². The lowest BCUT2D eigenvalue weighted by atomic mass is 9.90. The van der Waals surface area contributed by atoms with E-state index in [-0.39, 0.29) is 0 Å². The molecular formula is C17H24ClNO2. The first-order valence-corrected chi connectivity index (χ1v) is 8.41. The van der Waals surface area contributed by atoms with E-state index in [0.717, 1.165) is 41.0 Å². The van der Waals surface area contributed by atoms with Crippen LogP contribution in [0, 0.1) is 11.8 Å². The fourth-order valence-corrected chi connectivity index (χ4v) is 3.36. The van der Waals surface area contributed by atoms with Crippen LogP contribution < -0.4 is 14.8 Å². The van der Waals surface area contributed by atoms with Crippen LogP contribution in [0.1, 0.15) is 44.7 Å². The zero-order chi connectivity index (χ0) is 14.8. The van der Waals surface area contributed by atoms with Crippen molar-refractivity contribution >= 4 is 11.6 Å². The van der Waals surface area contributed by atoms with E-state index in [9.17, 15) is 0 Å². The summed E-state index contributed by atoms with van der Waals surface area (Å²) in [7, 11) is 0. The van der Waals surface area contributed by atoms with Gasteiger partial charge in [0, 0.05) is 17.1 Å². The molecule has 3 nitrogen and oxygen atoms in total. The van der Waals surface area contributed by atoms with Gasteiger partial charge in [-0.3, -0.25) is 0 Å². The fourth-order valence-electron chi connectivity index (χ4n) is 3.09. The van der Waals surface area contributed by atoms with Crippen LogP contribution in [0.15, 0.2) is 12.1 Å². The van der Waals surface area contributed by atoms with Gasteiger partial charge in [-0.1, -0.05) is 25.4 Å². The highest BCUT2D eigenvalue weighted by molar-refractivity contribution is 6.31. The quantitative estimate of drug-likeness (QED) is 0.854. The van der Waals surface area contributed by atoms with E-state index in [4.69, 9.17) is 21.1 Å². The Morgan fingerprint density at radius 2 is 1.90 bits per heavy atom. The van der Waals surface area contributed by atoms with Gasteiger partial charge in [-0.2, -0.15) is 0 Å². The molecule has 0 amide bonds. The van der Waals surface area contributed by atoms with Crippen LogP contribution in [0.5, 0.6) is 11.5 Å². The first-order valence-electron chi connectivity index (χ1n) is 8.03. The van der Waals surface area contributed by atoms with Gasteiger partial charge in [-0.05, 0) is 49.3 Å². The summed E-state index contributed by atoms with van der Waals surface area (Å²) in [5.41, 5.74) is 1.15. The SMILES string of the molecule is CCCNC(c1cc2c(cc1Cl)OCCO2)C(C)C1CC1. The van der Waals surface area contributed by atoms with Gasteiger partial charge in [0.25, 0.3) is 0 Å². The monoisotopic (exact) mass is 309 g/mol. The number of nitrogens with one attached hydrogen (secondary N) is 1. The van der Waals surface area contributed by atoms with Crippen LogP contribution in [0.4, 0.5) is 0 Å². The van der Waals surface area contributed by atoms with Gasteiger partial charge >= 0.3 is 0 Å². The molecule has 21 heavy (non-hydrogen) atoms. The van der Waals surface area contributed by atoms with E-state index >= 15 is 0 Å². The Hall–Kier alpha value is -0.930. The summed E-state index contributed by atoms with van der Waals surface area (Å²) in [6, 6.07) is 4.27. The van der Waals surface area contributed by atoms with Crippen LogP contribution in [0.2, 0.25) is 5.02 Å². The molecule has 1 aromatic rings. The van der Waals surface area contributed by atoms with Crippen molar-refractivity contribution in [3.8, 4) is 11.5 Å². The number of ether oxygens (including phenoxy) is 2. The average Bonchev–Trinajstić information content (AvgIpc) is 3.32. The summed E-state index contributed by atoms with van der Waals surface area (Å²) in [5, 5.41) is 4.45. The highest BCUT2D eigenvalue weighted by atomic mass is 35.5. The Morgan fingerprint density at radius 3 is 2.52 bits per heavy atom. The molecule has 0 bridgehead atoms. The second kappa shape index (κ2) is 6.45. The van der Waals surface area contributed by atoms with Crippen molar-refractivity contribution in [1.82, 2.24) is 5.32 Å². The standard InChI is InChI=1S/C17H24ClNO2/c1-3-6-19-17(11(2)12-4-5-12)13-9-15-16(10-14(13)18)21-8-7-20-15/h9-12,17,19H,3-8H2,1-2H3. The minimum absolute atomic E-state index is 0.292. The van der Waals surface area contributed by atoms with Gasteiger partial charge in [0.1, 0.15) is 13.2 Å². The van der Waals surface area contributed by atoms with Gasteiger partial charge in [-0.15, -0.1) is 0 Å². The Morgan fingerprint density at radius 1 is 1.24 bits per heavy atom. The third-order valence-corrected chi connectivity index (χ3v) is 4.83. The molecule has 3 rings (SSSR count). The molecule has 2 aliphatic rings. The van der Waals surface area contributed by atoms with E-state index in [1.54, 1.807) is 0 Å². The number of fused-ring (bicyclic) bond motifs is 1. The maximum atomic E-state index is 6.53. The summed E-state index contributed by atoms with van der Waals surface area (Å²) >= 11 is 6.53. The molecule has 116 valence electrons. The molecule has 0 saturated heterocycles.